The zero-order valence-electron chi connectivity index (χ0n) is 19.3. The number of phenolic OH excluding ortho intramolecular Hbond substituents is 1. The fourth-order valence-corrected chi connectivity index (χ4v) is 5.14. The van der Waals surface area contributed by atoms with Crippen LogP contribution in [-0.2, 0) is 10.2 Å². The van der Waals surface area contributed by atoms with Crippen LogP contribution in [0.2, 0.25) is 0 Å². The van der Waals surface area contributed by atoms with Gasteiger partial charge in [-0.05, 0) is 42.2 Å². The number of hydrogen-bond donors (Lipinski definition) is 2. The molecule has 3 aromatic carbocycles. The molecule has 1 saturated carbocycles. The Bertz CT molecular complexity index is 1040. The molecule has 0 aliphatic heterocycles. The maximum Gasteiger partial charge on any atom is 0.220 e. The van der Waals surface area contributed by atoms with Crippen LogP contribution < -0.4 is 10.1 Å². The summed E-state index contributed by atoms with van der Waals surface area (Å²) in [6, 6.07) is 25.6. The Balaban J connectivity index is 1.53. The molecule has 0 bridgehead atoms. The van der Waals surface area contributed by atoms with Crippen molar-refractivity contribution in [2.75, 3.05) is 13.7 Å². The predicted octanol–water partition coefficient (Wildman–Crippen LogP) is 5.94. The highest BCUT2D eigenvalue weighted by molar-refractivity contribution is 5.78. The third-order valence-corrected chi connectivity index (χ3v) is 7.04. The molecular formula is C29H33NO3. The van der Waals surface area contributed by atoms with E-state index in [1.807, 2.05) is 42.5 Å². The largest absolute Gasteiger partial charge is 0.508 e. The highest BCUT2D eigenvalue weighted by Crippen LogP contribution is 2.39. The Labute approximate surface area is 196 Å². The van der Waals surface area contributed by atoms with Crippen LogP contribution in [0.3, 0.4) is 0 Å². The smallest absolute Gasteiger partial charge is 0.220 e. The lowest BCUT2D eigenvalue weighted by atomic mass is 9.69. The van der Waals surface area contributed by atoms with Crippen molar-refractivity contribution in [3.05, 3.63) is 95.6 Å². The molecule has 0 spiro atoms. The molecule has 1 aliphatic carbocycles. The van der Waals surface area contributed by atoms with Crippen molar-refractivity contribution < 1.29 is 14.6 Å². The maximum atomic E-state index is 13.2. The number of benzene rings is 3. The Hall–Kier alpha value is -3.27. The molecule has 172 valence electrons. The van der Waals surface area contributed by atoms with E-state index in [1.54, 1.807) is 19.2 Å². The molecule has 1 unspecified atom stereocenters. The topological polar surface area (TPSA) is 58.6 Å². The Morgan fingerprint density at radius 2 is 1.61 bits per heavy atom. The Morgan fingerprint density at radius 3 is 2.27 bits per heavy atom. The molecule has 0 saturated heterocycles. The van der Waals surface area contributed by atoms with Gasteiger partial charge in [-0.1, -0.05) is 79.9 Å². The van der Waals surface area contributed by atoms with E-state index in [1.165, 1.54) is 24.8 Å². The van der Waals surface area contributed by atoms with Gasteiger partial charge in [0.15, 0.2) is 0 Å². The van der Waals surface area contributed by atoms with E-state index >= 15 is 0 Å². The molecule has 1 amide bonds. The third kappa shape index (κ3) is 5.39. The van der Waals surface area contributed by atoms with Gasteiger partial charge in [0, 0.05) is 29.9 Å². The van der Waals surface area contributed by atoms with E-state index < -0.39 is 0 Å². The highest BCUT2D eigenvalue weighted by atomic mass is 16.5. The molecule has 4 rings (SSSR count). The molecule has 1 aliphatic rings. The number of hydrogen-bond acceptors (Lipinski definition) is 3. The van der Waals surface area contributed by atoms with Gasteiger partial charge in [-0.25, -0.2) is 0 Å². The van der Waals surface area contributed by atoms with Gasteiger partial charge >= 0.3 is 0 Å². The first-order valence-electron chi connectivity index (χ1n) is 11.9. The predicted molar refractivity (Wildman–Crippen MR) is 132 cm³/mol. The number of amides is 1. The monoisotopic (exact) mass is 443 g/mol. The van der Waals surface area contributed by atoms with E-state index in [2.05, 4.69) is 29.6 Å². The van der Waals surface area contributed by atoms with Gasteiger partial charge in [-0.2, -0.15) is 0 Å². The fourth-order valence-electron chi connectivity index (χ4n) is 5.14. The molecule has 33 heavy (non-hydrogen) atoms. The maximum absolute atomic E-state index is 13.2. The number of phenols is 1. The third-order valence-electron chi connectivity index (χ3n) is 7.04. The molecule has 1 fully saturated rings. The number of aromatic hydroxyl groups is 1. The minimum Gasteiger partial charge on any atom is -0.508 e. The van der Waals surface area contributed by atoms with Crippen LogP contribution in [0.15, 0.2) is 78.9 Å². The normalized spacial score (nSPS) is 16.0. The second kappa shape index (κ2) is 10.6. The van der Waals surface area contributed by atoms with Gasteiger partial charge in [0.2, 0.25) is 5.91 Å². The molecule has 0 radical (unpaired) electrons. The summed E-state index contributed by atoms with van der Waals surface area (Å²) in [6.45, 7) is 0.645. The summed E-state index contributed by atoms with van der Waals surface area (Å²) >= 11 is 0. The second-order valence-electron chi connectivity index (χ2n) is 9.07. The lowest BCUT2D eigenvalue weighted by Gasteiger charge is -2.38. The summed E-state index contributed by atoms with van der Waals surface area (Å²) in [5.74, 6) is 0.733. The minimum absolute atomic E-state index is 0.0000456. The van der Waals surface area contributed by atoms with Gasteiger partial charge in [-0.3, -0.25) is 4.79 Å². The van der Waals surface area contributed by atoms with Crippen LogP contribution in [0.25, 0.3) is 0 Å². The van der Waals surface area contributed by atoms with Crippen LogP contribution in [0, 0.1) is 0 Å². The van der Waals surface area contributed by atoms with Crippen molar-refractivity contribution in [2.24, 2.45) is 0 Å². The Morgan fingerprint density at radius 1 is 0.939 bits per heavy atom. The highest BCUT2D eigenvalue weighted by Gasteiger charge is 2.34. The molecule has 3 aromatic rings. The summed E-state index contributed by atoms with van der Waals surface area (Å²) in [6.07, 6.45) is 6.11. The number of rotatable bonds is 8. The molecule has 4 nitrogen and oxygen atoms in total. The minimum atomic E-state index is -0.240. The van der Waals surface area contributed by atoms with E-state index in [9.17, 15) is 9.90 Å². The van der Waals surface area contributed by atoms with Crippen molar-refractivity contribution in [1.29, 1.82) is 0 Å². The van der Waals surface area contributed by atoms with Crippen LogP contribution in [0.5, 0.6) is 11.5 Å². The summed E-state index contributed by atoms with van der Waals surface area (Å²) in [4.78, 5) is 13.2. The van der Waals surface area contributed by atoms with E-state index in [4.69, 9.17) is 4.74 Å². The standard InChI is InChI=1S/C29H33NO3/c1-33-24-16-14-22(15-17-24)26(25-12-6-7-13-27(25)31)20-28(32)30-21-29(18-8-3-9-19-29)23-10-4-2-5-11-23/h2,4-7,10-17,26,31H,3,8-9,18-21H2,1H3,(H,30,32). The summed E-state index contributed by atoms with van der Waals surface area (Å²) in [5.41, 5.74) is 3.05. The number of carbonyl (C=O) groups is 1. The van der Waals surface area contributed by atoms with Crippen molar-refractivity contribution in [2.45, 2.75) is 49.9 Å². The van der Waals surface area contributed by atoms with E-state index in [0.717, 1.165) is 29.7 Å². The van der Waals surface area contributed by atoms with Crippen molar-refractivity contribution >= 4 is 5.91 Å². The lowest BCUT2D eigenvalue weighted by Crippen LogP contribution is -2.42. The van der Waals surface area contributed by atoms with Crippen LogP contribution in [-0.4, -0.2) is 24.7 Å². The second-order valence-corrected chi connectivity index (χ2v) is 9.07. The van der Waals surface area contributed by atoms with Crippen molar-refractivity contribution in [1.82, 2.24) is 5.32 Å². The van der Waals surface area contributed by atoms with Gasteiger partial charge in [0.05, 0.1) is 7.11 Å². The first-order valence-corrected chi connectivity index (χ1v) is 11.9. The fraction of sp³-hybridized carbons (Fsp3) is 0.345. The molecule has 0 aromatic heterocycles. The number of nitrogens with one attached hydrogen (secondary N) is 1. The van der Waals surface area contributed by atoms with Gasteiger partial charge < -0.3 is 15.2 Å². The van der Waals surface area contributed by atoms with E-state index in [0.29, 0.717) is 6.54 Å². The zero-order valence-corrected chi connectivity index (χ0v) is 19.3. The first kappa shape index (κ1) is 22.9. The zero-order chi connectivity index (χ0) is 23.1. The average Bonchev–Trinajstić information content (AvgIpc) is 2.88. The van der Waals surface area contributed by atoms with Crippen LogP contribution in [0.1, 0.15) is 61.1 Å². The number of methoxy groups -OCH3 is 1. The molecule has 0 heterocycles. The van der Waals surface area contributed by atoms with Gasteiger partial charge in [0.1, 0.15) is 11.5 Å². The van der Waals surface area contributed by atoms with Gasteiger partial charge in [-0.15, -0.1) is 0 Å². The molecule has 4 heteroatoms. The van der Waals surface area contributed by atoms with E-state index in [-0.39, 0.29) is 29.4 Å². The summed E-state index contributed by atoms with van der Waals surface area (Å²) < 4.78 is 5.29. The van der Waals surface area contributed by atoms with Crippen LogP contribution in [0.4, 0.5) is 0 Å². The lowest BCUT2D eigenvalue weighted by molar-refractivity contribution is -0.121. The van der Waals surface area contributed by atoms with Gasteiger partial charge in [0.25, 0.3) is 0 Å². The number of carbonyl (C=O) groups excluding carboxylic acids is 1. The molecule has 2 N–H and O–H groups in total. The number of para-hydroxylation sites is 1. The number of ether oxygens (including phenoxy) is 1. The first-order chi connectivity index (χ1) is 16.1. The summed E-state index contributed by atoms with van der Waals surface area (Å²) in [7, 11) is 1.64. The quantitative estimate of drug-likeness (QED) is 0.453. The van der Waals surface area contributed by atoms with Crippen molar-refractivity contribution in [3.8, 4) is 11.5 Å². The van der Waals surface area contributed by atoms with Crippen LogP contribution >= 0.6 is 0 Å². The average molecular weight is 444 g/mol. The molecular weight excluding hydrogens is 410 g/mol. The Kier molecular flexibility index (Phi) is 7.33. The SMILES string of the molecule is COc1ccc(C(CC(=O)NCC2(c3ccccc3)CCCCC2)c2ccccc2O)cc1. The summed E-state index contributed by atoms with van der Waals surface area (Å²) in [5, 5.41) is 13.8. The van der Waals surface area contributed by atoms with Crippen molar-refractivity contribution in [3.63, 3.8) is 0 Å². The molecule has 1 atom stereocenters.